The normalized spacial score (nSPS) is 10.0. The van der Waals surface area contributed by atoms with Crippen molar-refractivity contribution in [1.29, 1.82) is 5.41 Å². The molecule has 0 aromatic heterocycles. The number of rotatable bonds is 4. The molecule has 0 atom stereocenters. The molecule has 0 aliphatic rings. The van der Waals surface area contributed by atoms with Crippen molar-refractivity contribution in [3.05, 3.63) is 27.2 Å². The Balaban J connectivity index is 2.73. The van der Waals surface area contributed by atoms with Gasteiger partial charge in [0.2, 0.25) is 5.91 Å². The first kappa shape index (κ1) is 15.1. The monoisotopic (exact) mass is 308 g/mol. The summed E-state index contributed by atoms with van der Waals surface area (Å²) in [4.78, 5) is 11.6. The Morgan fingerprint density at radius 2 is 1.89 bits per heavy atom. The van der Waals surface area contributed by atoms with Crippen LogP contribution >= 0.6 is 34.8 Å². The zero-order valence-electron chi connectivity index (χ0n) is 9.52. The van der Waals surface area contributed by atoms with Crippen LogP contribution in [-0.2, 0) is 9.53 Å². The van der Waals surface area contributed by atoms with Gasteiger partial charge in [-0.3, -0.25) is 10.2 Å². The molecule has 0 bridgehead atoms. The summed E-state index contributed by atoms with van der Waals surface area (Å²) in [5, 5.41) is 10.7. The first-order chi connectivity index (χ1) is 8.43. The minimum atomic E-state index is -0.431. The smallest absolute Gasteiger partial charge is 0.233 e. The highest BCUT2D eigenvalue weighted by molar-refractivity contribution is 6.42. The van der Waals surface area contributed by atoms with Gasteiger partial charge in [-0.15, -0.1) is 0 Å². The third kappa shape index (κ3) is 4.37. The Bertz CT molecular complexity index is 454. The molecule has 1 amide bonds. The zero-order valence-corrected chi connectivity index (χ0v) is 11.8. The minimum absolute atomic E-state index is 0.115. The van der Waals surface area contributed by atoms with E-state index in [-0.39, 0.29) is 28.1 Å². The Morgan fingerprint density at radius 1 is 1.33 bits per heavy atom. The van der Waals surface area contributed by atoms with Crippen LogP contribution in [0.5, 0.6) is 0 Å². The van der Waals surface area contributed by atoms with E-state index < -0.39 is 5.91 Å². The molecule has 2 N–H and O–H groups in total. The maximum absolute atomic E-state index is 11.6. The van der Waals surface area contributed by atoms with Gasteiger partial charge in [-0.1, -0.05) is 34.8 Å². The molecule has 4 nitrogen and oxygen atoms in total. The van der Waals surface area contributed by atoms with Gasteiger partial charge < -0.3 is 10.1 Å². The van der Waals surface area contributed by atoms with Gasteiger partial charge in [0.1, 0.15) is 6.42 Å². The van der Waals surface area contributed by atoms with Crippen molar-refractivity contribution < 1.29 is 9.53 Å². The van der Waals surface area contributed by atoms with E-state index in [0.717, 1.165) is 0 Å². The van der Waals surface area contributed by atoms with E-state index in [2.05, 4.69) is 5.32 Å². The molecule has 18 heavy (non-hydrogen) atoms. The van der Waals surface area contributed by atoms with Crippen LogP contribution in [0.3, 0.4) is 0 Å². The van der Waals surface area contributed by atoms with Crippen molar-refractivity contribution in [3.8, 4) is 0 Å². The Hall–Kier alpha value is -0.970. The molecule has 0 fully saturated rings. The van der Waals surface area contributed by atoms with Crippen LogP contribution in [-0.4, -0.2) is 18.4 Å². The topological polar surface area (TPSA) is 62.2 Å². The van der Waals surface area contributed by atoms with Gasteiger partial charge in [0.15, 0.2) is 5.90 Å². The number of amides is 1. The van der Waals surface area contributed by atoms with Gasteiger partial charge in [0, 0.05) is 5.02 Å². The summed E-state index contributed by atoms with van der Waals surface area (Å²) in [6, 6.07) is 2.94. The van der Waals surface area contributed by atoms with Crippen LogP contribution < -0.4 is 5.32 Å². The summed E-state index contributed by atoms with van der Waals surface area (Å²) in [5.74, 6) is -0.546. The fraction of sp³-hybridized carbons (Fsp3) is 0.273. The summed E-state index contributed by atoms with van der Waals surface area (Å²) < 4.78 is 4.87. The average molecular weight is 310 g/mol. The van der Waals surface area contributed by atoms with Crippen LogP contribution in [0, 0.1) is 5.41 Å². The second-order valence-corrected chi connectivity index (χ2v) is 4.58. The number of hydrogen-bond acceptors (Lipinski definition) is 3. The molecule has 0 unspecified atom stereocenters. The van der Waals surface area contributed by atoms with Crippen LogP contribution in [0.1, 0.15) is 13.3 Å². The zero-order chi connectivity index (χ0) is 13.7. The molecular weight excluding hydrogens is 298 g/mol. The lowest BCUT2D eigenvalue weighted by Crippen LogP contribution is -2.18. The van der Waals surface area contributed by atoms with E-state index in [9.17, 15) is 4.79 Å². The van der Waals surface area contributed by atoms with Crippen LogP contribution in [0.25, 0.3) is 0 Å². The van der Waals surface area contributed by atoms with Crippen molar-refractivity contribution in [2.45, 2.75) is 13.3 Å². The predicted octanol–water partition coefficient (Wildman–Crippen LogP) is 3.99. The SMILES string of the molecule is CCOC(=N)CC(=O)Nc1c(Cl)cc(Cl)cc1Cl. The highest BCUT2D eigenvalue weighted by Gasteiger charge is 2.13. The fourth-order valence-electron chi connectivity index (χ4n) is 1.22. The molecule has 98 valence electrons. The average Bonchev–Trinajstić information content (AvgIpc) is 2.23. The number of nitrogens with one attached hydrogen (secondary N) is 2. The molecule has 0 heterocycles. The molecule has 1 rings (SSSR count). The summed E-state index contributed by atoms with van der Waals surface area (Å²) in [5.41, 5.74) is 0.275. The van der Waals surface area contributed by atoms with Crippen LogP contribution in [0.15, 0.2) is 12.1 Å². The van der Waals surface area contributed by atoms with Gasteiger partial charge in [0.05, 0.1) is 22.3 Å². The van der Waals surface area contributed by atoms with Gasteiger partial charge >= 0.3 is 0 Å². The van der Waals surface area contributed by atoms with Crippen molar-refractivity contribution in [3.63, 3.8) is 0 Å². The van der Waals surface area contributed by atoms with E-state index >= 15 is 0 Å². The first-order valence-corrected chi connectivity index (χ1v) is 6.22. The molecule has 7 heteroatoms. The lowest BCUT2D eigenvalue weighted by atomic mass is 10.3. The largest absolute Gasteiger partial charge is 0.481 e. The molecule has 0 radical (unpaired) electrons. The Labute approximate surface area is 120 Å². The molecule has 0 saturated heterocycles. The van der Waals surface area contributed by atoms with E-state index in [1.165, 1.54) is 12.1 Å². The lowest BCUT2D eigenvalue weighted by molar-refractivity contribution is -0.115. The third-order valence-electron chi connectivity index (χ3n) is 1.91. The van der Waals surface area contributed by atoms with Crippen LogP contribution in [0.4, 0.5) is 5.69 Å². The summed E-state index contributed by atoms with van der Waals surface area (Å²) in [6.07, 6.45) is -0.177. The lowest BCUT2D eigenvalue weighted by Gasteiger charge is -2.10. The van der Waals surface area contributed by atoms with E-state index in [0.29, 0.717) is 11.6 Å². The highest BCUT2D eigenvalue weighted by atomic mass is 35.5. The highest BCUT2D eigenvalue weighted by Crippen LogP contribution is 2.33. The summed E-state index contributed by atoms with van der Waals surface area (Å²) in [7, 11) is 0. The van der Waals surface area contributed by atoms with Crippen molar-refractivity contribution in [1.82, 2.24) is 0 Å². The Morgan fingerprint density at radius 3 is 2.39 bits per heavy atom. The van der Waals surface area contributed by atoms with Gasteiger partial charge in [0.25, 0.3) is 0 Å². The quantitative estimate of drug-likeness (QED) is 0.652. The minimum Gasteiger partial charge on any atom is -0.481 e. The summed E-state index contributed by atoms with van der Waals surface area (Å²) in [6.45, 7) is 2.08. The van der Waals surface area contributed by atoms with E-state index in [1.807, 2.05) is 0 Å². The predicted molar refractivity (Wildman–Crippen MR) is 74.1 cm³/mol. The van der Waals surface area contributed by atoms with Gasteiger partial charge in [-0.25, -0.2) is 0 Å². The van der Waals surface area contributed by atoms with E-state index in [4.69, 9.17) is 44.9 Å². The number of benzene rings is 1. The van der Waals surface area contributed by atoms with Gasteiger partial charge in [-0.2, -0.15) is 0 Å². The number of hydrogen-bond donors (Lipinski definition) is 2. The molecule has 0 aliphatic carbocycles. The van der Waals surface area contributed by atoms with E-state index in [1.54, 1.807) is 6.92 Å². The summed E-state index contributed by atoms with van der Waals surface area (Å²) >= 11 is 17.6. The molecule has 0 aliphatic heterocycles. The fourth-order valence-corrected chi connectivity index (χ4v) is 2.13. The number of carbonyl (C=O) groups excluding carboxylic acids is 1. The second-order valence-electron chi connectivity index (χ2n) is 3.33. The standard InChI is InChI=1S/C11H11Cl3N2O2/c1-2-18-9(15)5-10(17)16-11-7(13)3-6(12)4-8(11)14/h3-4,15H,2,5H2,1H3,(H,16,17). The van der Waals surface area contributed by atoms with Crippen molar-refractivity contribution in [2.75, 3.05) is 11.9 Å². The second kappa shape index (κ2) is 6.83. The molecular formula is C11H11Cl3N2O2. The van der Waals surface area contributed by atoms with Gasteiger partial charge in [-0.05, 0) is 19.1 Å². The van der Waals surface area contributed by atoms with Crippen molar-refractivity contribution >= 4 is 52.3 Å². The number of ether oxygens (including phenoxy) is 1. The number of halogens is 3. The number of anilines is 1. The van der Waals surface area contributed by atoms with Crippen LogP contribution in [0.2, 0.25) is 15.1 Å². The number of carbonyl (C=O) groups is 1. The maximum atomic E-state index is 11.6. The first-order valence-electron chi connectivity index (χ1n) is 5.08. The van der Waals surface area contributed by atoms with Crippen molar-refractivity contribution in [2.24, 2.45) is 0 Å². The maximum Gasteiger partial charge on any atom is 0.233 e. The molecule has 1 aromatic carbocycles. The molecule has 0 saturated carbocycles. The Kier molecular flexibility index (Phi) is 5.72. The third-order valence-corrected chi connectivity index (χ3v) is 2.73. The molecule has 1 aromatic rings. The molecule has 0 spiro atoms.